The van der Waals surface area contributed by atoms with Crippen LogP contribution in [0.3, 0.4) is 0 Å². The van der Waals surface area contributed by atoms with E-state index in [0.717, 1.165) is 11.8 Å². The van der Waals surface area contributed by atoms with E-state index in [4.69, 9.17) is 0 Å². The van der Waals surface area contributed by atoms with Gasteiger partial charge in [-0.05, 0) is 17.3 Å². The SMILES string of the molecule is C[C@H]1[C@H](C)C1(C)C. The summed E-state index contributed by atoms with van der Waals surface area (Å²) in [6, 6.07) is 0. The Bertz CT molecular complexity index is 72.0. The molecule has 0 spiro atoms. The fourth-order valence-electron chi connectivity index (χ4n) is 1.19. The molecule has 0 unspecified atom stereocenters. The molecule has 0 nitrogen and oxygen atoms in total. The van der Waals surface area contributed by atoms with E-state index in [1.54, 1.807) is 0 Å². The van der Waals surface area contributed by atoms with Crippen molar-refractivity contribution < 1.29 is 0 Å². The monoisotopic (exact) mass is 98.1 g/mol. The largest absolute Gasteiger partial charge is 0.0617 e. The summed E-state index contributed by atoms with van der Waals surface area (Å²) in [5.41, 5.74) is 0.667. The summed E-state index contributed by atoms with van der Waals surface area (Å²) in [4.78, 5) is 0. The third-order valence-corrected chi connectivity index (χ3v) is 2.99. The highest BCUT2D eigenvalue weighted by atomic mass is 14.6. The van der Waals surface area contributed by atoms with Gasteiger partial charge in [-0.15, -0.1) is 0 Å². The van der Waals surface area contributed by atoms with E-state index >= 15 is 0 Å². The molecule has 7 heavy (non-hydrogen) atoms. The Morgan fingerprint density at radius 2 is 1.14 bits per heavy atom. The van der Waals surface area contributed by atoms with Crippen LogP contribution in [-0.2, 0) is 0 Å². The van der Waals surface area contributed by atoms with Crippen LogP contribution in [0.4, 0.5) is 0 Å². The summed E-state index contributed by atoms with van der Waals surface area (Å²) in [7, 11) is 0. The molecule has 1 aliphatic rings. The smallest absolute Gasteiger partial charge is 0.0297 e. The number of hydrogen-bond donors (Lipinski definition) is 0. The van der Waals surface area contributed by atoms with Gasteiger partial charge >= 0.3 is 0 Å². The van der Waals surface area contributed by atoms with Crippen LogP contribution in [0.25, 0.3) is 0 Å². The van der Waals surface area contributed by atoms with Crippen molar-refractivity contribution in [2.24, 2.45) is 17.3 Å². The lowest BCUT2D eigenvalue weighted by atomic mass is 10.1. The fourth-order valence-corrected chi connectivity index (χ4v) is 1.19. The van der Waals surface area contributed by atoms with Crippen LogP contribution in [0.5, 0.6) is 0 Å². The molecule has 0 heteroatoms. The minimum Gasteiger partial charge on any atom is -0.0617 e. The van der Waals surface area contributed by atoms with Crippen LogP contribution in [0, 0.1) is 17.3 Å². The first kappa shape index (κ1) is 5.14. The van der Waals surface area contributed by atoms with Crippen LogP contribution in [0.1, 0.15) is 27.7 Å². The maximum atomic E-state index is 2.34. The van der Waals surface area contributed by atoms with Crippen LogP contribution in [0.15, 0.2) is 0 Å². The van der Waals surface area contributed by atoms with Crippen LogP contribution >= 0.6 is 0 Å². The Morgan fingerprint density at radius 3 is 1.14 bits per heavy atom. The third kappa shape index (κ3) is 0.490. The fraction of sp³-hybridized carbons (Fsp3) is 1.00. The molecule has 0 heterocycles. The van der Waals surface area contributed by atoms with E-state index in [1.165, 1.54) is 0 Å². The molecule has 1 saturated carbocycles. The van der Waals surface area contributed by atoms with Gasteiger partial charge in [-0.3, -0.25) is 0 Å². The van der Waals surface area contributed by atoms with Gasteiger partial charge in [0.1, 0.15) is 0 Å². The molecule has 0 aromatic carbocycles. The van der Waals surface area contributed by atoms with Gasteiger partial charge in [-0.1, -0.05) is 27.7 Å². The topological polar surface area (TPSA) is 0 Å². The lowest BCUT2D eigenvalue weighted by Crippen LogP contribution is -1.85. The molecule has 1 rings (SSSR count). The van der Waals surface area contributed by atoms with Gasteiger partial charge in [0.2, 0.25) is 0 Å². The number of rotatable bonds is 0. The van der Waals surface area contributed by atoms with Crippen molar-refractivity contribution in [3.63, 3.8) is 0 Å². The molecule has 1 aliphatic carbocycles. The molecular formula is C7H14. The second-order valence-corrected chi connectivity index (χ2v) is 3.40. The van der Waals surface area contributed by atoms with Crippen LogP contribution in [-0.4, -0.2) is 0 Å². The minimum atomic E-state index is 0.667. The summed E-state index contributed by atoms with van der Waals surface area (Å²) in [5, 5.41) is 0. The third-order valence-electron chi connectivity index (χ3n) is 2.99. The molecule has 0 aromatic rings. The summed E-state index contributed by atoms with van der Waals surface area (Å²) in [5.74, 6) is 1.93. The lowest BCUT2D eigenvalue weighted by molar-refractivity contribution is 0.559. The first-order valence-corrected chi connectivity index (χ1v) is 3.07. The van der Waals surface area contributed by atoms with Crippen molar-refractivity contribution in [3.8, 4) is 0 Å². The van der Waals surface area contributed by atoms with Crippen molar-refractivity contribution in [1.29, 1.82) is 0 Å². The van der Waals surface area contributed by atoms with Gasteiger partial charge in [-0.2, -0.15) is 0 Å². The first-order valence-electron chi connectivity index (χ1n) is 3.07. The van der Waals surface area contributed by atoms with Crippen molar-refractivity contribution in [3.05, 3.63) is 0 Å². The summed E-state index contributed by atoms with van der Waals surface area (Å²) < 4.78 is 0. The Kier molecular flexibility index (Phi) is 0.765. The van der Waals surface area contributed by atoms with Crippen LogP contribution in [0.2, 0.25) is 0 Å². The second-order valence-electron chi connectivity index (χ2n) is 3.40. The maximum absolute atomic E-state index is 2.34. The van der Waals surface area contributed by atoms with Gasteiger partial charge < -0.3 is 0 Å². The van der Waals surface area contributed by atoms with E-state index in [-0.39, 0.29) is 0 Å². The molecule has 0 N–H and O–H groups in total. The van der Waals surface area contributed by atoms with E-state index in [1.807, 2.05) is 0 Å². The molecule has 0 saturated heterocycles. The zero-order valence-electron chi connectivity index (χ0n) is 5.65. The average molecular weight is 98.2 g/mol. The lowest BCUT2D eigenvalue weighted by Gasteiger charge is -1.94. The molecule has 42 valence electrons. The predicted octanol–water partition coefficient (Wildman–Crippen LogP) is 2.30. The standard InChI is InChI=1S/C7H14/c1-5-6(2)7(5,3)4/h5-6H,1-4H3/t5-,6-/m0/s1. The number of hydrogen-bond acceptors (Lipinski definition) is 0. The Labute approximate surface area is 45.9 Å². The van der Waals surface area contributed by atoms with Crippen molar-refractivity contribution in [2.45, 2.75) is 27.7 Å². The van der Waals surface area contributed by atoms with E-state index in [2.05, 4.69) is 27.7 Å². The van der Waals surface area contributed by atoms with Crippen molar-refractivity contribution in [1.82, 2.24) is 0 Å². The highest BCUT2D eigenvalue weighted by Gasteiger charge is 2.50. The normalized spacial score (nSPS) is 46.3. The Balaban J connectivity index is 2.52. The molecule has 0 aliphatic heterocycles. The van der Waals surface area contributed by atoms with Crippen LogP contribution < -0.4 is 0 Å². The molecule has 1 fully saturated rings. The highest BCUT2D eigenvalue weighted by Crippen LogP contribution is 2.57. The van der Waals surface area contributed by atoms with Crippen molar-refractivity contribution >= 4 is 0 Å². The Hall–Kier alpha value is 0. The molecule has 0 aromatic heterocycles. The van der Waals surface area contributed by atoms with Gasteiger partial charge in [-0.25, -0.2) is 0 Å². The second kappa shape index (κ2) is 1.04. The zero-order chi connectivity index (χ0) is 5.65. The quantitative estimate of drug-likeness (QED) is 0.436. The van der Waals surface area contributed by atoms with Gasteiger partial charge in [0.25, 0.3) is 0 Å². The van der Waals surface area contributed by atoms with E-state index < -0.39 is 0 Å². The molecule has 2 atom stereocenters. The van der Waals surface area contributed by atoms with E-state index in [9.17, 15) is 0 Å². The molecule has 0 amide bonds. The molecule has 0 bridgehead atoms. The maximum Gasteiger partial charge on any atom is -0.0297 e. The first-order chi connectivity index (χ1) is 3.07. The summed E-state index contributed by atoms with van der Waals surface area (Å²) >= 11 is 0. The highest BCUT2D eigenvalue weighted by molar-refractivity contribution is 4.99. The zero-order valence-corrected chi connectivity index (χ0v) is 5.65. The van der Waals surface area contributed by atoms with E-state index in [0.29, 0.717) is 5.41 Å². The summed E-state index contributed by atoms with van der Waals surface area (Å²) in [6.07, 6.45) is 0. The van der Waals surface area contributed by atoms with Gasteiger partial charge in [0.15, 0.2) is 0 Å². The molecule has 0 radical (unpaired) electrons. The van der Waals surface area contributed by atoms with Crippen molar-refractivity contribution in [2.75, 3.05) is 0 Å². The minimum absolute atomic E-state index is 0.667. The summed E-state index contributed by atoms with van der Waals surface area (Å²) in [6.45, 7) is 9.32. The van der Waals surface area contributed by atoms with Gasteiger partial charge in [0, 0.05) is 0 Å². The van der Waals surface area contributed by atoms with Gasteiger partial charge in [0.05, 0.1) is 0 Å². The Morgan fingerprint density at radius 1 is 1.00 bits per heavy atom. The average Bonchev–Trinajstić information content (AvgIpc) is 1.91. The predicted molar refractivity (Wildman–Crippen MR) is 32.1 cm³/mol. The molecular weight excluding hydrogens is 84.1 g/mol.